The van der Waals surface area contributed by atoms with Gasteiger partial charge in [0.25, 0.3) is 0 Å². The molecule has 0 aromatic heterocycles. The first-order valence-corrected chi connectivity index (χ1v) is 11.8. The number of nitrogens with zero attached hydrogens (tertiary/aromatic N) is 2. The maximum Gasteiger partial charge on any atom is 0.410 e. The molecule has 2 heterocycles. The average Bonchev–Trinajstić information content (AvgIpc) is 3.43. The fraction of sp³-hybridized carbons (Fsp3) is 0.833. The SMILES string of the molecule is COC(=O)C1[C@H]2CN(C(=O)OC(C)(C)C)C[C@@H]12.COC(=O)C1[C@H]2CN(C(=O)OC(C)(C)C)C[C@@H]12. The third-order valence-corrected chi connectivity index (χ3v) is 6.64. The van der Waals surface area contributed by atoms with Crippen molar-refractivity contribution < 1.29 is 38.1 Å². The minimum absolute atomic E-state index is 0.00122. The van der Waals surface area contributed by atoms with Gasteiger partial charge in [-0.15, -0.1) is 0 Å². The number of amides is 2. The van der Waals surface area contributed by atoms with Crippen LogP contribution in [0.4, 0.5) is 9.59 Å². The van der Waals surface area contributed by atoms with Gasteiger partial charge in [-0.2, -0.15) is 0 Å². The summed E-state index contributed by atoms with van der Waals surface area (Å²) < 4.78 is 20.0. The molecule has 2 saturated heterocycles. The molecule has 0 N–H and O–H groups in total. The lowest BCUT2D eigenvalue weighted by Gasteiger charge is -2.25. The third kappa shape index (κ3) is 5.93. The first-order chi connectivity index (χ1) is 15.7. The number of methoxy groups -OCH3 is 2. The van der Waals surface area contributed by atoms with Crippen LogP contribution in [-0.2, 0) is 28.5 Å². The number of rotatable bonds is 2. The second-order valence-corrected chi connectivity index (χ2v) is 11.5. The molecule has 34 heavy (non-hydrogen) atoms. The Morgan fingerprint density at radius 1 is 0.588 bits per heavy atom. The van der Waals surface area contributed by atoms with Gasteiger partial charge in [0.05, 0.1) is 26.1 Å². The van der Waals surface area contributed by atoms with E-state index in [4.69, 9.17) is 18.9 Å². The molecular formula is C24H38N2O8. The summed E-state index contributed by atoms with van der Waals surface area (Å²) in [6.45, 7) is 13.5. The van der Waals surface area contributed by atoms with E-state index in [9.17, 15) is 19.2 Å². The molecule has 6 atom stereocenters. The van der Waals surface area contributed by atoms with E-state index in [0.29, 0.717) is 26.2 Å². The number of piperidine rings is 2. The van der Waals surface area contributed by atoms with E-state index in [1.165, 1.54) is 14.2 Å². The topological polar surface area (TPSA) is 112 Å². The molecule has 2 amide bonds. The number of likely N-dealkylation sites (tertiary alicyclic amines) is 2. The zero-order chi connectivity index (χ0) is 25.6. The summed E-state index contributed by atoms with van der Waals surface area (Å²) in [5.41, 5.74) is -0.933. The predicted octanol–water partition coefficient (Wildman–Crippen LogP) is 2.54. The van der Waals surface area contributed by atoms with Gasteiger partial charge in [0.1, 0.15) is 11.2 Å². The standard InChI is InChI=1S/2C12H19NO4/c2*1-12(2,3)17-11(15)13-5-7-8(6-13)9(7)10(14)16-4/h2*7-9H,5-6H2,1-4H3/t2*7-,8+,9?. The maximum absolute atomic E-state index is 11.8. The number of esters is 2. The molecule has 2 unspecified atom stereocenters. The fourth-order valence-electron chi connectivity index (χ4n) is 4.98. The number of carbonyl (C=O) groups excluding carboxylic acids is 4. The van der Waals surface area contributed by atoms with Crippen LogP contribution in [0.2, 0.25) is 0 Å². The van der Waals surface area contributed by atoms with Crippen LogP contribution in [0.3, 0.4) is 0 Å². The highest BCUT2D eigenvalue weighted by Gasteiger charge is 2.62. The zero-order valence-corrected chi connectivity index (χ0v) is 21.5. The first kappa shape index (κ1) is 26.1. The predicted molar refractivity (Wildman–Crippen MR) is 121 cm³/mol. The minimum atomic E-state index is -0.467. The van der Waals surface area contributed by atoms with Gasteiger partial charge in [-0.3, -0.25) is 9.59 Å². The van der Waals surface area contributed by atoms with Crippen LogP contribution in [0.5, 0.6) is 0 Å². The summed E-state index contributed by atoms with van der Waals surface area (Å²) in [5, 5.41) is 0. The number of hydrogen-bond donors (Lipinski definition) is 0. The van der Waals surface area contributed by atoms with Crippen molar-refractivity contribution in [3.05, 3.63) is 0 Å². The molecule has 0 spiro atoms. The van der Waals surface area contributed by atoms with Crippen molar-refractivity contribution in [1.82, 2.24) is 9.80 Å². The van der Waals surface area contributed by atoms with Crippen molar-refractivity contribution in [3.8, 4) is 0 Å². The second kappa shape index (κ2) is 9.26. The van der Waals surface area contributed by atoms with E-state index in [1.54, 1.807) is 9.80 Å². The molecule has 0 bridgehead atoms. The van der Waals surface area contributed by atoms with Crippen molar-refractivity contribution in [2.24, 2.45) is 35.5 Å². The van der Waals surface area contributed by atoms with Crippen LogP contribution in [0, 0.1) is 35.5 Å². The lowest BCUT2D eigenvalue weighted by atomic mass is 10.2. The highest BCUT2D eigenvalue weighted by Crippen LogP contribution is 2.53. The Kier molecular flexibility index (Phi) is 7.11. The van der Waals surface area contributed by atoms with E-state index in [1.807, 2.05) is 41.5 Å². The van der Waals surface area contributed by atoms with Crippen LogP contribution in [0.25, 0.3) is 0 Å². The largest absolute Gasteiger partial charge is 0.469 e. The van der Waals surface area contributed by atoms with Crippen molar-refractivity contribution in [2.45, 2.75) is 52.7 Å². The highest BCUT2D eigenvalue weighted by molar-refractivity contribution is 5.79. The molecule has 0 radical (unpaired) electrons. The van der Waals surface area contributed by atoms with E-state index in [0.717, 1.165) is 0 Å². The van der Waals surface area contributed by atoms with Crippen LogP contribution in [0.15, 0.2) is 0 Å². The van der Waals surface area contributed by atoms with Gasteiger partial charge in [-0.05, 0) is 65.2 Å². The second-order valence-electron chi connectivity index (χ2n) is 11.5. The van der Waals surface area contributed by atoms with E-state index < -0.39 is 11.2 Å². The van der Waals surface area contributed by atoms with Gasteiger partial charge in [0.15, 0.2) is 0 Å². The lowest BCUT2D eigenvalue weighted by Crippen LogP contribution is -2.37. The summed E-state index contributed by atoms with van der Waals surface area (Å²) in [6, 6.07) is 0. The van der Waals surface area contributed by atoms with Crippen molar-refractivity contribution in [1.29, 1.82) is 0 Å². The molecule has 10 nitrogen and oxygen atoms in total. The molecule has 4 aliphatic rings. The number of fused-ring (bicyclic) bond motifs is 2. The molecule has 4 fully saturated rings. The molecule has 0 aromatic rings. The summed E-state index contributed by atoms with van der Waals surface area (Å²) >= 11 is 0. The molecule has 4 rings (SSSR count). The Hall–Kier alpha value is -2.52. The molecule has 192 valence electrons. The van der Waals surface area contributed by atoms with Gasteiger partial charge in [-0.1, -0.05) is 0 Å². The smallest absolute Gasteiger partial charge is 0.410 e. The Balaban J connectivity index is 0.000000191. The summed E-state index contributed by atoms with van der Waals surface area (Å²) in [7, 11) is 2.81. The number of hydrogen-bond acceptors (Lipinski definition) is 8. The van der Waals surface area contributed by atoms with Crippen LogP contribution >= 0.6 is 0 Å². The molecule has 10 heteroatoms. The molecule has 2 saturated carbocycles. The average molecular weight is 483 g/mol. The van der Waals surface area contributed by atoms with Gasteiger partial charge in [0, 0.05) is 26.2 Å². The Bertz CT molecular complexity index is 738. The zero-order valence-electron chi connectivity index (χ0n) is 21.5. The minimum Gasteiger partial charge on any atom is -0.469 e. The van der Waals surface area contributed by atoms with Gasteiger partial charge in [0.2, 0.25) is 0 Å². The van der Waals surface area contributed by atoms with E-state index in [-0.39, 0.29) is 59.6 Å². The summed E-state index contributed by atoms with van der Waals surface area (Å²) in [5.74, 6) is 0.792. The summed E-state index contributed by atoms with van der Waals surface area (Å²) in [6.07, 6.45) is -0.568. The first-order valence-electron chi connectivity index (χ1n) is 11.8. The van der Waals surface area contributed by atoms with Gasteiger partial charge < -0.3 is 28.7 Å². The monoisotopic (exact) mass is 482 g/mol. The quantitative estimate of drug-likeness (QED) is 0.436. The Morgan fingerprint density at radius 2 is 0.853 bits per heavy atom. The Labute approximate surface area is 201 Å². The van der Waals surface area contributed by atoms with Crippen molar-refractivity contribution in [3.63, 3.8) is 0 Å². The van der Waals surface area contributed by atoms with Crippen LogP contribution in [-0.4, -0.2) is 85.5 Å². The van der Waals surface area contributed by atoms with Crippen LogP contribution < -0.4 is 0 Å². The number of ether oxygens (including phenoxy) is 4. The number of carbonyl (C=O) groups is 4. The fourth-order valence-corrected chi connectivity index (χ4v) is 4.98. The van der Waals surface area contributed by atoms with Crippen molar-refractivity contribution in [2.75, 3.05) is 40.4 Å². The third-order valence-electron chi connectivity index (χ3n) is 6.64. The molecule has 2 aliphatic heterocycles. The normalized spacial score (nSPS) is 30.8. The maximum atomic E-state index is 11.8. The van der Waals surface area contributed by atoms with Gasteiger partial charge >= 0.3 is 24.1 Å². The Morgan fingerprint density at radius 3 is 1.06 bits per heavy atom. The lowest BCUT2D eigenvalue weighted by molar-refractivity contribution is -0.144. The van der Waals surface area contributed by atoms with Crippen molar-refractivity contribution >= 4 is 24.1 Å². The van der Waals surface area contributed by atoms with Gasteiger partial charge in [-0.25, -0.2) is 9.59 Å². The molecular weight excluding hydrogens is 444 g/mol. The van der Waals surface area contributed by atoms with Crippen LogP contribution in [0.1, 0.15) is 41.5 Å². The highest BCUT2D eigenvalue weighted by atomic mass is 16.6. The summed E-state index contributed by atoms with van der Waals surface area (Å²) in [4.78, 5) is 49.6. The van der Waals surface area contributed by atoms with E-state index in [2.05, 4.69) is 0 Å². The molecule has 0 aromatic carbocycles. The van der Waals surface area contributed by atoms with E-state index >= 15 is 0 Å². The molecule has 2 aliphatic carbocycles.